The van der Waals surface area contributed by atoms with E-state index >= 15 is 0 Å². The Labute approximate surface area is 80.7 Å². The van der Waals surface area contributed by atoms with Crippen LogP contribution in [0.5, 0.6) is 0 Å². The molecule has 1 atom stereocenters. The van der Waals surface area contributed by atoms with Crippen molar-refractivity contribution in [1.82, 2.24) is 0 Å². The first-order valence-electron chi connectivity index (χ1n) is 5.08. The van der Waals surface area contributed by atoms with E-state index in [0.29, 0.717) is 5.92 Å². The third-order valence-corrected chi connectivity index (χ3v) is 2.92. The highest BCUT2D eigenvalue weighted by Gasteiger charge is 2.20. The Bertz CT molecular complexity index is 261. The highest BCUT2D eigenvalue weighted by atomic mass is 14.7. The van der Waals surface area contributed by atoms with Crippen LogP contribution in [0.15, 0.2) is 22.5 Å². The van der Waals surface area contributed by atoms with E-state index in [4.69, 9.17) is 11.5 Å². The van der Waals surface area contributed by atoms with E-state index < -0.39 is 0 Å². The lowest BCUT2D eigenvalue weighted by atomic mass is 9.84. The maximum Gasteiger partial charge on any atom is 0.0355 e. The minimum Gasteiger partial charge on any atom is -0.402 e. The van der Waals surface area contributed by atoms with Crippen LogP contribution in [0.2, 0.25) is 0 Å². The van der Waals surface area contributed by atoms with Gasteiger partial charge in [0.1, 0.15) is 0 Å². The van der Waals surface area contributed by atoms with Crippen LogP contribution in [0.4, 0.5) is 0 Å². The summed E-state index contributed by atoms with van der Waals surface area (Å²) >= 11 is 0. The van der Waals surface area contributed by atoms with Crippen LogP contribution < -0.4 is 11.5 Å². The summed E-state index contributed by atoms with van der Waals surface area (Å²) in [6, 6.07) is 0. The standard InChI is InChI=1S/C11H20N2/c1-4-8-6-7(3)10(12)9(5-2)11(8)13/h7H,4-6,12-13H2,1-3H3. The molecule has 74 valence electrons. The number of hydrogen-bond donors (Lipinski definition) is 2. The summed E-state index contributed by atoms with van der Waals surface area (Å²) in [4.78, 5) is 0. The second-order valence-electron chi connectivity index (χ2n) is 3.76. The van der Waals surface area contributed by atoms with E-state index in [0.717, 1.165) is 30.7 Å². The molecule has 1 rings (SSSR count). The molecule has 1 aliphatic rings. The quantitative estimate of drug-likeness (QED) is 0.685. The van der Waals surface area contributed by atoms with Crippen molar-refractivity contribution in [3.8, 4) is 0 Å². The molecule has 0 saturated carbocycles. The second-order valence-corrected chi connectivity index (χ2v) is 3.76. The van der Waals surface area contributed by atoms with Gasteiger partial charge < -0.3 is 11.5 Å². The number of nitrogens with two attached hydrogens (primary N) is 2. The largest absolute Gasteiger partial charge is 0.402 e. The van der Waals surface area contributed by atoms with Gasteiger partial charge in [-0.3, -0.25) is 0 Å². The summed E-state index contributed by atoms with van der Waals surface area (Å²) in [5, 5.41) is 0. The molecule has 0 spiro atoms. The summed E-state index contributed by atoms with van der Waals surface area (Å²) in [5.41, 5.74) is 16.6. The Balaban J connectivity index is 3.09. The predicted molar refractivity (Wildman–Crippen MR) is 56.8 cm³/mol. The van der Waals surface area contributed by atoms with Gasteiger partial charge in [0.25, 0.3) is 0 Å². The molecule has 1 aliphatic carbocycles. The molecule has 4 N–H and O–H groups in total. The lowest BCUT2D eigenvalue weighted by molar-refractivity contribution is 0.616. The molecule has 2 nitrogen and oxygen atoms in total. The van der Waals surface area contributed by atoms with Crippen LogP contribution in [0.3, 0.4) is 0 Å². The zero-order chi connectivity index (χ0) is 10.0. The molecule has 0 aromatic carbocycles. The SMILES string of the molecule is CCC1=C(N)C(CC)=C(N)C(C)C1. The van der Waals surface area contributed by atoms with Crippen LogP contribution in [-0.2, 0) is 0 Å². The molecule has 13 heavy (non-hydrogen) atoms. The smallest absolute Gasteiger partial charge is 0.0355 e. The fourth-order valence-electron chi connectivity index (χ4n) is 1.99. The highest BCUT2D eigenvalue weighted by Crippen LogP contribution is 2.32. The first-order valence-corrected chi connectivity index (χ1v) is 5.08. The van der Waals surface area contributed by atoms with Crippen LogP contribution >= 0.6 is 0 Å². The van der Waals surface area contributed by atoms with Crippen molar-refractivity contribution >= 4 is 0 Å². The van der Waals surface area contributed by atoms with Crippen molar-refractivity contribution in [3.63, 3.8) is 0 Å². The third kappa shape index (κ3) is 1.71. The van der Waals surface area contributed by atoms with Gasteiger partial charge in [-0.05, 0) is 36.3 Å². The molecule has 0 radical (unpaired) electrons. The predicted octanol–water partition coefficient (Wildman–Crippen LogP) is 2.27. The van der Waals surface area contributed by atoms with Gasteiger partial charge in [0.15, 0.2) is 0 Å². The minimum atomic E-state index is 0.470. The summed E-state index contributed by atoms with van der Waals surface area (Å²) in [5.74, 6) is 0.470. The first-order chi connectivity index (χ1) is 6.11. The van der Waals surface area contributed by atoms with Crippen molar-refractivity contribution in [2.75, 3.05) is 0 Å². The molecule has 0 fully saturated rings. The summed E-state index contributed by atoms with van der Waals surface area (Å²) in [7, 11) is 0. The van der Waals surface area contributed by atoms with Crippen LogP contribution in [0, 0.1) is 5.92 Å². The van der Waals surface area contributed by atoms with Gasteiger partial charge in [0.2, 0.25) is 0 Å². The molecule has 0 aromatic rings. The Kier molecular flexibility index (Phi) is 3.02. The molecule has 0 heterocycles. The molecular weight excluding hydrogens is 160 g/mol. The maximum absolute atomic E-state index is 6.04. The average molecular weight is 180 g/mol. The van der Waals surface area contributed by atoms with E-state index in [9.17, 15) is 0 Å². The number of rotatable bonds is 2. The molecule has 0 aliphatic heterocycles. The minimum absolute atomic E-state index is 0.470. The second kappa shape index (κ2) is 3.86. The fraction of sp³-hybridized carbons (Fsp3) is 0.636. The van der Waals surface area contributed by atoms with Gasteiger partial charge in [0, 0.05) is 11.4 Å². The third-order valence-electron chi connectivity index (χ3n) is 2.92. The Morgan fingerprint density at radius 3 is 2.31 bits per heavy atom. The summed E-state index contributed by atoms with van der Waals surface area (Å²) in [6.45, 7) is 6.44. The lowest BCUT2D eigenvalue weighted by Crippen LogP contribution is -2.22. The monoisotopic (exact) mass is 180 g/mol. The molecule has 0 aromatic heterocycles. The molecule has 0 saturated heterocycles. The maximum atomic E-state index is 6.04. The first kappa shape index (κ1) is 10.2. The zero-order valence-electron chi connectivity index (χ0n) is 8.85. The number of hydrogen-bond acceptors (Lipinski definition) is 2. The molecule has 0 amide bonds. The topological polar surface area (TPSA) is 52.0 Å². The van der Waals surface area contributed by atoms with Crippen molar-refractivity contribution in [3.05, 3.63) is 22.5 Å². The van der Waals surface area contributed by atoms with Crippen LogP contribution in [0.25, 0.3) is 0 Å². The Morgan fingerprint density at radius 1 is 1.23 bits per heavy atom. The Hall–Kier alpha value is -0.920. The van der Waals surface area contributed by atoms with Gasteiger partial charge in [-0.25, -0.2) is 0 Å². The van der Waals surface area contributed by atoms with Crippen molar-refractivity contribution in [2.24, 2.45) is 17.4 Å². The van der Waals surface area contributed by atoms with Crippen LogP contribution in [-0.4, -0.2) is 0 Å². The van der Waals surface area contributed by atoms with Crippen LogP contribution in [0.1, 0.15) is 40.0 Å². The Morgan fingerprint density at radius 2 is 1.85 bits per heavy atom. The van der Waals surface area contributed by atoms with E-state index in [1.54, 1.807) is 0 Å². The van der Waals surface area contributed by atoms with Gasteiger partial charge >= 0.3 is 0 Å². The van der Waals surface area contributed by atoms with E-state index in [2.05, 4.69) is 20.8 Å². The molecule has 2 heteroatoms. The molecular formula is C11H20N2. The van der Waals surface area contributed by atoms with Gasteiger partial charge in [-0.2, -0.15) is 0 Å². The van der Waals surface area contributed by atoms with E-state index in [1.165, 1.54) is 11.1 Å². The fourth-order valence-corrected chi connectivity index (χ4v) is 1.99. The summed E-state index contributed by atoms with van der Waals surface area (Å²) in [6.07, 6.45) is 3.04. The molecule has 0 bridgehead atoms. The molecule has 1 unspecified atom stereocenters. The van der Waals surface area contributed by atoms with Crippen molar-refractivity contribution < 1.29 is 0 Å². The van der Waals surface area contributed by atoms with Gasteiger partial charge in [0.05, 0.1) is 0 Å². The average Bonchev–Trinajstić information content (AvgIpc) is 2.12. The van der Waals surface area contributed by atoms with Gasteiger partial charge in [-0.1, -0.05) is 20.8 Å². The normalized spacial score (nSPS) is 24.1. The van der Waals surface area contributed by atoms with Gasteiger partial charge in [-0.15, -0.1) is 0 Å². The van der Waals surface area contributed by atoms with E-state index in [1.807, 2.05) is 0 Å². The van der Waals surface area contributed by atoms with Crippen molar-refractivity contribution in [1.29, 1.82) is 0 Å². The van der Waals surface area contributed by atoms with E-state index in [-0.39, 0.29) is 0 Å². The van der Waals surface area contributed by atoms with Crippen molar-refractivity contribution in [2.45, 2.75) is 40.0 Å². The number of allylic oxidation sites excluding steroid dienone is 3. The summed E-state index contributed by atoms with van der Waals surface area (Å²) < 4.78 is 0. The highest BCUT2D eigenvalue weighted by molar-refractivity contribution is 5.40. The zero-order valence-corrected chi connectivity index (χ0v) is 8.85. The lowest BCUT2D eigenvalue weighted by Gasteiger charge is -2.26.